The molecule has 0 saturated carbocycles. The van der Waals surface area contributed by atoms with Crippen LogP contribution >= 0.6 is 0 Å². The molecule has 3 rings (SSSR count). The monoisotopic (exact) mass is 337 g/mol. The number of benzene rings is 2. The Balaban J connectivity index is 1.60. The van der Waals surface area contributed by atoms with Crippen LogP contribution in [0.15, 0.2) is 54.6 Å². The second-order valence-electron chi connectivity index (χ2n) is 6.82. The SMILES string of the molecule is CC(NC(=O)C(N)Cc1ccccc1)c1cccc(N2CCCC2)c1. The zero-order chi connectivity index (χ0) is 17.6. The predicted octanol–water partition coefficient (Wildman–Crippen LogP) is 3.03. The summed E-state index contributed by atoms with van der Waals surface area (Å²) in [6, 6.07) is 17.7. The smallest absolute Gasteiger partial charge is 0.237 e. The minimum atomic E-state index is -0.536. The summed E-state index contributed by atoms with van der Waals surface area (Å²) in [7, 11) is 0. The Morgan fingerprint density at radius 3 is 2.56 bits per heavy atom. The van der Waals surface area contributed by atoms with Crippen molar-refractivity contribution in [2.45, 2.75) is 38.3 Å². The van der Waals surface area contributed by atoms with Crippen LogP contribution in [0.1, 0.15) is 36.9 Å². The van der Waals surface area contributed by atoms with E-state index in [1.807, 2.05) is 37.3 Å². The molecule has 132 valence electrons. The Kier molecular flexibility index (Phi) is 5.71. The summed E-state index contributed by atoms with van der Waals surface area (Å²) in [5, 5.41) is 3.05. The lowest BCUT2D eigenvalue weighted by Crippen LogP contribution is -2.43. The number of nitrogens with zero attached hydrogens (tertiary/aromatic N) is 1. The molecule has 0 aliphatic carbocycles. The molecule has 0 aromatic heterocycles. The van der Waals surface area contributed by atoms with Crippen LogP contribution in [-0.2, 0) is 11.2 Å². The predicted molar refractivity (Wildman–Crippen MR) is 103 cm³/mol. The van der Waals surface area contributed by atoms with Crippen LogP contribution in [0.25, 0.3) is 0 Å². The van der Waals surface area contributed by atoms with Gasteiger partial charge in [-0.2, -0.15) is 0 Å². The van der Waals surface area contributed by atoms with Gasteiger partial charge in [-0.3, -0.25) is 4.79 Å². The average molecular weight is 337 g/mol. The second kappa shape index (κ2) is 8.17. The van der Waals surface area contributed by atoms with Gasteiger partial charge in [0.2, 0.25) is 5.91 Å². The van der Waals surface area contributed by atoms with Gasteiger partial charge in [0.15, 0.2) is 0 Å². The van der Waals surface area contributed by atoms with E-state index in [1.165, 1.54) is 18.5 Å². The van der Waals surface area contributed by atoms with Crippen molar-refractivity contribution in [2.24, 2.45) is 5.73 Å². The van der Waals surface area contributed by atoms with Gasteiger partial charge >= 0.3 is 0 Å². The Labute approximate surface area is 150 Å². The summed E-state index contributed by atoms with van der Waals surface area (Å²) in [5.41, 5.74) is 9.52. The molecule has 0 radical (unpaired) electrons. The maximum atomic E-state index is 12.4. The van der Waals surface area contributed by atoms with Gasteiger partial charge in [0.25, 0.3) is 0 Å². The third kappa shape index (κ3) is 4.60. The number of anilines is 1. The van der Waals surface area contributed by atoms with Crippen LogP contribution in [0.3, 0.4) is 0 Å². The van der Waals surface area contributed by atoms with Crippen LogP contribution in [0.4, 0.5) is 5.69 Å². The molecule has 1 aliphatic rings. The highest BCUT2D eigenvalue weighted by atomic mass is 16.2. The third-order valence-electron chi connectivity index (χ3n) is 4.84. The Bertz CT molecular complexity index is 695. The first-order valence-corrected chi connectivity index (χ1v) is 9.08. The Morgan fingerprint density at radius 1 is 1.12 bits per heavy atom. The quantitative estimate of drug-likeness (QED) is 0.852. The van der Waals surface area contributed by atoms with Crippen molar-refractivity contribution in [2.75, 3.05) is 18.0 Å². The van der Waals surface area contributed by atoms with Crippen molar-refractivity contribution in [1.82, 2.24) is 5.32 Å². The number of hydrogen-bond donors (Lipinski definition) is 2. The number of carbonyl (C=O) groups excluding carboxylic acids is 1. The molecule has 1 heterocycles. The first-order valence-electron chi connectivity index (χ1n) is 9.08. The van der Waals surface area contributed by atoms with E-state index in [-0.39, 0.29) is 11.9 Å². The van der Waals surface area contributed by atoms with Crippen LogP contribution < -0.4 is 16.0 Å². The molecular formula is C21H27N3O. The minimum Gasteiger partial charge on any atom is -0.372 e. The number of nitrogens with one attached hydrogen (secondary N) is 1. The van der Waals surface area contributed by atoms with Crippen LogP contribution in [0.2, 0.25) is 0 Å². The van der Waals surface area contributed by atoms with Crippen molar-refractivity contribution in [3.63, 3.8) is 0 Å². The van der Waals surface area contributed by atoms with Gasteiger partial charge in [-0.15, -0.1) is 0 Å². The first-order chi connectivity index (χ1) is 12.1. The molecule has 4 nitrogen and oxygen atoms in total. The zero-order valence-corrected chi connectivity index (χ0v) is 14.8. The molecule has 0 bridgehead atoms. The fourth-order valence-electron chi connectivity index (χ4n) is 3.33. The van der Waals surface area contributed by atoms with Crippen molar-refractivity contribution in [1.29, 1.82) is 0 Å². The molecule has 3 N–H and O–H groups in total. The van der Waals surface area contributed by atoms with Crippen LogP contribution in [0.5, 0.6) is 0 Å². The highest BCUT2D eigenvalue weighted by Gasteiger charge is 2.18. The maximum Gasteiger partial charge on any atom is 0.237 e. The summed E-state index contributed by atoms with van der Waals surface area (Å²) in [4.78, 5) is 14.8. The number of carbonyl (C=O) groups is 1. The van der Waals surface area contributed by atoms with Crippen LogP contribution in [0, 0.1) is 0 Å². The van der Waals surface area contributed by atoms with Gasteiger partial charge in [-0.05, 0) is 49.4 Å². The van der Waals surface area contributed by atoms with Gasteiger partial charge in [-0.1, -0.05) is 42.5 Å². The summed E-state index contributed by atoms with van der Waals surface area (Å²) >= 11 is 0. The Hall–Kier alpha value is -2.33. The van der Waals surface area contributed by atoms with Crippen molar-refractivity contribution >= 4 is 11.6 Å². The van der Waals surface area contributed by atoms with E-state index in [0.717, 1.165) is 24.2 Å². The zero-order valence-electron chi connectivity index (χ0n) is 14.8. The van der Waals surface area contributed by atoms with Crippen molar-refractivity contribution < 1.29 is 4.79 Å². The fourth-order valence-corrected chi connectivity index (χ4v) is 3.33. The number of nitrogens with two attached hydrogens (primary N) is 1. The molecule has 2 atom stereocenters. The van der Waals surface area contributed by atoms with E-state index in [4.69, 9.17) is 5.73 Å². The summed E-state index contributed by atoms with van der Waals surface area (Å²) in [6.45, 7) is 4.24. The molecule has 0 spiro atoms. The third-order valence-corrected chi connectivity index (χ3v) is 4.84. The highest BCUT2D eigenvalue weighted by molar-refractivity contribution is 5.82. The van der Waals surface area contributed by atoms with E-state index in [9.17, 15) is 4.79 Å². The lowest BCUT2D eigenvalue weighted by Gasteiger charge is -2.22. The van der Waals surface area contributed by atoms with Crippen molar-refractivity contribution in [3.8, 4) is 0 Å². The molecule has 1 fully saturated rings. The van der Waals surface area contributed by atoms with E-state index in [1.54, 1.807) is 0 Å². The minimum absolute atomic E-state index is 0.0584. The first kappa shape index (κ1) is 17.5. The number of amides is 1. The molecule has 1 amide bonds. The lowest BCUT2D eigenvalue weighted by atomic mass is 10.0. The topological polar surface area (TPSA) is 58.4 Å². The number of rotatable bonds is 6. The molecular weight excluding hydrogens is 310 g/mol. The van der Waals surface area contributed by atoms with Gasteiger partial charge in [0, 0.05) is 18.8 Å². The number of hydrogen-bond acceptors (Lipinski definition) is 3. The molecule has 1 saturated heterocycles. The van der Waals surface area contributed by atoms with E-state index >= 15 is 0 Å². The Morgan fingerprint density at radius 2 is 1.84 bits per heavy atom. The van der Waals surface area contributed by atoms with Crippen molar-refractivity contribution in [3.05, 3.63) is 65.7 Å². The molecule has 2 unspecified atom stereocenters. The molecule has 2 aromatic rings. The molecule has 4 heteroatoms. The summed E-state index contributed by atoms with van der Waals surface area (Å²) in [5.74, 6) is -0.108. The van der Waals surface area contributed by atoms with E-state index in [0.29, 0.717) is 6.42 Å². The van der Waals surface area contributed by atoms with Crippen LogP contribution in [-0.4, -0.2) is 25.0 Å². The standard InChI is InChI=1S/C21H27N3O/c1-16(18-10-7-11-19(15-18)24-12-5-6-13-24)23-21(25)20(22)14-17-8-3-2-4-9-17/h2-4,7-11,15-16,20H,5-6,12-14,22H2,1H3,(H,23,25). The normalized spacial score (nSPS) is 16.5. The van der Waals surface area contributed by atoms with E-state index in [2.05, 4.69) is 34.5 Å². The molecule has 1 aliphatic heterocycles. The van der Waals surface area contributed by atoms with Gasteiger partial charge in [0.05, 0.1) is 12.1 Å². The van der Waals surface area contributed by atoms with Gasteiger partial charge in [0.1, 0.15) is 0 Å². The summed E-state index contributed by atoms with van der Waals surface area (Å²) in [6.07, 6.45) is 3.06. The van der Waals surface area contributed by atoms with Gasteiger partial charge < -0.3 is 16.0 Å². The van der Waals surface area contributed by atoms with E-state index < -0.39 is 6.04 Å². The second-order valence-corrected chi connectivity index (χ2v) is 6.82. The largest absolute Gasteiger partial charge is 0.372 e. The summed E-state index contributed by atoms with van der Waals surface area (Å²) < 4.78 is 0. The molecule has 2 aromatic carbocycles. The fraction of sp³-hybridized carbons (Fsp3) is 0.381. The highest BCUT2D eigenvalue weighted by Crippen LogP contribution is 2.24. The lowest BCUT2D eigenvalue weighted by molar-refractivity contribution is -0.123. The average Bonchev–Trinajstić information content (AvgIpc) is 3.17. The maximum absolute atomic E-state index is 12.4. The van der Waals surface area contributed by atoms with Gasteiger partial charge in [-0.25, -0.2) is 0 Å². The molecule has 25 heavy (non-hydrogen) atoms.